The molecule has 1 aromatic carbocycles. The first-order valence-electron chi connectivity index (χ1n) is 7.11. The van der Waals surface area contributed by atoms with Crippen LogP contribution in [0, 0.1) is 0 Å². The quantitative estimate of drug-likeness (QED) is 0.632. The summed E-state index contributed by atoms with van der Waals surface area (Å²) in [5, 5.41) is 10.6. The lowest BCUT2D eigenvalue weighted by atomic mass is 10.0. The number of ether oxygens (including phenoxy) is 2. The van der Waals surface area contributed by atoms with E-state index in [1.54, 1.807) is 32.0 Å². The van der Waals surface area contributed by atoms with Gasteiger partial charge < -0.3 is 14.6 Å². The molecule has 0 spiro atoms. The normalized spacial score (nSPS) is 10.8. The second-order valence-electron chi connectivity index (χ2n) is 4.64. The van der Waals surface area contributed by atoms with Crippen LogP contribution in [0.4, 0.5) is 0 Å². The predicted molar refractivity (Wildman–Crippen MR) is 87.1 cm³/mol. The highest BCUT2D eigenvalue weighted by molar-refractivity contribution is 9.10. The smallest absolute Gasteiger partial charge is 0.326 e. The van der Waals surface area contributed by atoms with Crippen molar-refractivity contribution in [2.75, 3.05) is 13.2 Å². The molecule has 0 aliphatic carbocycles. The average molecular weight is 382 g/mol. The van der Waals surface area contributed by atoms with Gasteiger partial charge in [0.1, 0.15) is 11.3 Å². The molecule has 0 amide bonds. The standard InChI is InChI=1S/C16H16BrNO5/c1-3-22-15(20)13(16(21)23-4-2)11-7-5-9-10(17)6-8-12(19)14(9)18-11/h5-8,13,19H,3-4H2,1-2H3. The molecule has 0 unspecified atom stereocenters. The van der Waals surface area contributed by atoms with Gasteiger partial charge >= 0.3 is 11.9 Å². The molecule has 0 saturated heterocycles. The molecule has 1 heterocycles. The zero-order valence-corrected chi connectivity index (χ0v) is 14.3. The first kappa shape index (κ1) is 17.2. The van der Waals surface area contributed by atoms with Crippen molar-refractivity contribution in [2.45, 2.75) is 19.8 Å². The fourth-order valence-electron chi connectivity index (χ4n) is 2.13. The van der Waals surface area contributed by atoms with Gasteiger partial charge in [0.15, 0.2) is 5.92 Å². The van der Waals surface area contributed by atoms with Crippen LogP contribution in [0.15, 0.2) is 28.7 Å². The van der Waals surface area contributed by atoms with Crippen LogP contribution < -0.4 is 0 Å². The van der Waals surface area contributed by atoms with Crippen LogP contribution >= 0.6 is 15.9 Å². The van der Waals surface area contributed by atoms with Crippen molar-refractivity contribution in [1.82, 2.24) is 4.98 Å². The Morgan fingerprint density at radius 2 is 1.74 bits per heavy atom. The zero-order valence-electron chi connectivity index (χ0n) is 12.7. The van der Waals surface area contributed by atoms with Crippen LogP contribution in [0.2, 0.25) is 0 Å². The molecule has 0 aliphatic heterocycles. The van der Waals surface area contributed by atoms with Gasteiger partial charge in [-0.3, -0.25) is 9.59 Å². The molecule has 2 aromatic rings. The van der Waals surface area contributed by atoms with Crippen molar-refractivity contribution in [1.29, 1.82) is 0 Å². The Balaban J connectivity index is 2.54. The van der Waals surface area contributed by atoms with Gasteiger partial charge in [0, 0.05) is 9.86 Å². The number of hydrogen-bond acceptors (Lipinski definition) is 6. The summed E-state index contributed by atoms with van der Waals surface area (Å²) in [5.74, 6) is -2.78. The second kappa shape index (κ2) is 7.41. The maximum absolute atomic E-state index is 12.1. The van der Waals surface area contributed by atoms with Gasteiger partial charge in [-0.25, -0.2) is 4.98 Å². The van der Waals surface area contributed by atoms with Gasteiger partial charge in [0.25, 0.3) is 0 Å². The molecule has 0 radical (unpaired) electrons. The number of benzene rings is 1. The largest absolute Gasteiger partial charge is 0.506 e. The number of pyridine rings is 1. The number of nitrogens with zero attached hydrogens (tertiary/aromatic N) is 1. The summed E-state index contributed by atoms with van der Waals surface area (Å²) in [7, 11) is 0. The molecule has 2 rings (SSSR count). The first-order chi connectivity index (χ1) is 11.0. The van der Waals surface area contributed by atoms with Crippen LogP contribution in [0.25, 0.3) is 10.9 Å². The van der Waals surface area contributed by atoms with E-state index < -0.39 is 17.9 Å². The number of carbonyl (C=O) groups is 2. The van der Waals surface area contributed by atoms with Crippen LogP contribution in [0.1, 0.15) is 25.5 Å². The second-order valence-corrected chi connectivity index (χ2v) is 5.49. The third-order valence-electron chi connectivity index (χ3n) is 3.14. The Morgan fingerprint density at radius 3 is 2.30 bits per heavy atom. The molecular weight excluding hydrogens is 366 g/mol. The monoisotopic (exact) mass is 381 g/mol. The van der Waals surface area contributed by atoms with Crippen molar-refractivity contribution >= 4 is 38.8 Å². The van der Waals surface area contributed by atoms with E-state index in [1.165, 1.54) is 6.07 Å². The van der Waals surface area contributed by atoms with E-state index in [9.17, 15) is 14.7 Å². The topological polar surface area (TPSA) is 85.7 Å². The Bertz CT molecular complexity index is 729. The van der Waals surface area contributed by atoms with E-state index in [2.05, 4.69) is 20.9 Å². The van der Waals surface area contributed by atoms with Gasteiger partial charge in [-0.15, -0.1) is 0 Å². The minimum Gasteiger partial charge on any atom is -0.506 e. The van der Waals surface area contributed by atoms with Crippen LogP contribution in [-0.4, -0.2) is 35.2 Å². The van der Waals surface area contributed by atoms with Crippen molar-refractivity contribution in [3.63, 3.8) is 0 Å². The lowest BCUT2D eigenvalue weighted by molar-refractivity contribution is -0.157. The van der Waals surface area contributed by atoms with Crippen LogP contribution in [0.5, 0.6) is 5.75 Å². The summed E-state index contributed by atoms with van der Waals surface area (Å²) in [4.78, 5) is 28.5. The Hall–Kier alpha value is -2.15. The molecule has 1 aromatic heterocycles. The maximum atomic E-state index is 12.1. The molecule has 0 bridgehead atoms. The Morgan fingerprint density at radius 1 is 1.13 bits per heavy atom. The molecule has 0 aliphatic rings. The number of phenols is 1. The average Bonchev–Trinajstić information content (AvgIpc) is 2.52. The fourth-order valence-corrected chi connectivity index (χ4v) is 2.58. The number of carbonyl (C=O) groups excluding carboxylic acids is 2. The number of fused-ring (bicyclic) bond motifs is 1. The number of esters is 2. The first-order valence-corrected chi connectivity index (χ1v) is 7.90. The summed E-state index contributed by atoms with van der Waals surface area (Å²) >= 11 is 3.37. The van der Waals surface area contributed by atoms with E-state index in [-0.39, 0.29) is 30.2 Å². The summed E-state index contributed by atoms with van der Waals surface area (Å²) in [5.41, 5.74) is 0.457. The number of rotatable bonds is 5. The number of phenolic OH excluding ortho intramolecular Hbond substituents is 1. The lowest BCUT2D eigenvalue weighted by Crippen LogP contribution is -2.27. The van der Waals surface area contributed by atoms with Gasteiger partial charge in [-0.1, -0.05) is 15.9 Å². The lowest BCUT2D eigenvalue weighted by Gasteiger charge is -2.15. The van der Waals surface area contributed by atoms with Crippen LogP contribution in [-0.2, 0) is 19.1 Å². The Labute approximate surface area is 141 Å². The molecule has 6 nitrogen and oxygen atoms in total. The van der Waals surface area contributed by atoms with Gasteiger partial charge in [0.05, 0.1) is 18.9 Å². The van der Waals surface area contributed by atoms with E-state index >= 15 is 0 Å². The minimum absolute atomic E-state index is 0.0449. The summed E-state index contributed by atoms with van der Waals surface area (Å²) < 4.78 is 10.6. The molecular formula is C16H16BrNO5. The summed E-state index contributed by atoms with van der Waals surface area (Å²) in [6.07, 6.45) is 0. The van der Waals surface area contributed by atoms with Gasteiger partial charge in [0.2, 0.25) is 0 Å². The highest BCUT2D eigenvalue weighted by atomic mass is 79.9. The van der Waals surface area contributed by atoms with E-state index in [4.69, 9.17) is 9.47 Å². The van der Waals surface area contributed by atoms with Crippen molar-refractivity contribution in [2.24, 2.45) is 0 Å². The summed E-state index contributed by atoms with van der Waals surface area (Å²) in [6, 6.07) is 6.39. The SMILES string of the molecule is CCOC(=O)C(C(=O)OCC)c1ccc2c(Br)ccc(O)c2n1. The number of aromatic hydroxyl groups is 1. The third-order valence-corrected chi connectivity index (χ3v) is 3.84. The molecule has 7 heteroatoms. The highest BCUT2D eigenvalue weighted by Crippen LogP contribution is 2.31. The molecule has 0 saturated carbocycles. The molecule has 0 fully saturated rings. The zero-order chi connectivity index (χ0) is 17.0. The third kappa shape index (κ3) is 3.61. The van der Waals surface area contributed by atoms with E-state index in [1.807, 2.05) is 0 Å². The van der Waals surface area contributed by atoms with Crippen molar-refractivity contribution < 1.29 is 24.2 Å². The Kier molecular flexibility index (Phi) is 5.54. The summed E-state index contributed by atoms with van der Waals surface area (Å²) in [6.45, 7) is 3.58. The van der Waals surface area contributed by atoms with E-state index in [0.29, 0.717) is 5.39 Å². The highest BCUT2D eigenvalue weighted by Gasteiger charge is 2.33. The predicted octanol–water partition coefficient (Wildman–Crippen LogP) is 2.91. The molecule has 122 valence electrons. The van der Waals surface area contributed by atoms with Gasteiger partial charge in [-0.2, -0.15) is 0 Å². The number of hydrogen-bond donors (Lipinski definition) is 1. The molecule has 23 heavy (non-hydrogen) atoms. The number of aromatic nitrogens is 1. The van der Waals surface area contributed by atoms with Crippen molar-refractivity contribution in [3.8, 4) is 5.75 Å². The minimum atomic E-state index is -1.28. The van der Waals surface area contributed by atoms with E-state index in [0.717, 1.165) is 4.47 Å². The fraction of sp³-hybridized carbons (Fsp3) is 0.312. The van der Waals surface area contributed by atoms with Gasteiger partial charge in [-0.05, 0) is 38.1 Å². The van der Waals surface area contributed by atoms with Crippen LogP contribution in [0.3, 0.4) is 0 Å². The maximum Gasteiger partial charge on any atom is 0.326 e. The van der Waals surface area contributed by atoms with Crippen molar-refractivity contribution in [3.05, 3.63) is 34.4 Å². The molecule has 1 N–H and O–H groups in total. The molecule has 0 atom stereocenters. The number of halogens is 1.